The van der Waals surface area contributed by atoms with Gasteiger partial charge in [0.15, 0.2) is 5.78 Å². The van der Waals surface area contributed by atoms with Crippen LogP contribution in [0.5, 0.6) is 0 Å². The van der Waals surface area contributed by atoms with Gasteiger partial charge in [-0.2, -0.15) is 0 Å². The van der Waals surface area contributed by atoms with Crippen LogP contribution in [-0.2, 0) is 16.0 Å². The Balaban J connectivity index is 0.000000591. The fourth-order valence-corrected chi connectivity index (χ4v) is 6.48. The number of rotatable bonds is 10. The summed E-state index contributed by atoms with van der Waals surface area (Å²) in [6, 6.07) is 2.27. The van der Waals surface area contributed by atoms with E-state index in [1.54, 1.807) is 5.57 Å². The van der Waals surface area contributed by atoms with E-state index in [4.69, 9.17) is 0 Å². The quantitative estimate of drug-likeness (QED) is 0.234. The van der Waals surface area contributed by atoms with Crippen LogP contribution in [0.3, 0.4) is 0 Å². The predicted octanol–water partition coefficient (Wildman–Crippen LogP) is 9.06. The molecule has 0 bridgehead atoms. The van der Waals surface area contributed by atoms with Gasteiger partial charge in [-0.05, 0) is 113 Å². The van der Waals surface area contributed by atoms with Gasteiger partial charge in [0.2, 0.25) is 0 Å². The molecule has 2 aliphatic carbocycles. The van der Waals surface area contributed by atoms with Gasteiger partial charge in [0.05, 0.1) is 6.42 Å². The summed E-state index contributed by atoms with van der Waals surface area (Å²) in [5.74, 6) is 1.14. The van der Waals surface area contributed by atoms with Crippen molar-refractivity contribution in [3.8, 4) is 0 Å². The van der Waals surface area contributed by atoms with Gasteiger partial charge in [-0.15, -0.1) is 0 Å². The van der Waals surface area contributed by atoms with Gasteiger partial charge in [-0.25, -0.2) is 0 Å². The van der Waals surface area contributed by atoms with E-state index >= 15 is 0 Å². The lowest BCUT2D eigenvalue weighted by Gasteiger charge is -2.33. The predicted molar refractivity (Wildman–Crippen MR) is 155 cm³/mol. The number of hydrogen-bond donors (Lipinski definition) is 0. The summed E-state index contributed by atoms with van der Waals surface area (Å²) in [7, 11) is 0. The lowest BCUT2D eigenvalue weighted by molar-refractivity contribution is -0.129. The van der Waals surface area contributed by atoms with Gasteiger partial charge in [0, 0.05) is 17.9 Å². The van der Waals surface area contributed by atoms with Crippen LogP contribution in [0.4, 0.5) is 0 Å². The Bertz CT molecular complexity index is 981. The van der Waals surface area contributed by atoms with Crippen molar-refractivity contribution < 1.29 is 14.4 Å². The highest BCUT2D eigenvalue weighted by atomic mass is 16.1. The number of fused-ring (bicyclic) bond motifs is 1. The fourth-order valence-electron chi connectivity index (χ4n) is 6.48. The summed E-state index contributed by atoms with van der Waals surface area (Å²) in [6.07, 6.45) is 13.1. The number of carbonyl (C=O) groups is 3. The molecule has 3 nitrogen and oxygen atoms in total. The minimum absolute atomic E-state index is 0.0428. The number of allylic oxidation sites excluding steroid dienone is 2. The van der Waals surface area contributed by atoms with E-state index in [0.717, 1.165) is 43.2 Å². The van der Waals surface area contributed by atoms with Crippen LogP contribution < -0.4 is 0 Å². The second kappa shape index (κ2) is 14.8. The number of hydrogen-bond acceptors (Lipinski definition) is 3. The molecule has 0 spiro atoms. The van der Waals surface area contributed by atoms with Crippen LogP contribution in [0, 0.1) is 31.6 Å². The SMILES string of the molecule is CC1=CCCCC1.CCCC(CC1CC(=O)c2c(C)c(C)cc(C(C)C)c2C1)C(CC)C(=O)CC(C)=O. The highest BCUT2D eigenvalue weighted by Gasteiger charge is 2.34. The average molecular weight is 509 g/mol. The molecule has 0 aliphatic heterocycles. The summed E-state index contributed by atoms with van der Waals surface area (Å²) < 4.78 is 0. The van der Waals surface area contributed by atoms with Gasteiger partial charge in [-0.3, -0.25) is 14.4 Å². The number of Topliss-reactive ketones (excluding diaryl/α,β-unsaturated/α-hetero) is 3. The molecule has 0 saturated carbocycles. The first-order chi connectivity index (χ1) is 17.5. The van der Waals surface area contributed by atoms with Gasteiger partial charge >= 0.3 is 0 Å². The van der Waals surface area contributed by atoms with Crippen molar-refractivity contribution in [3.05, 3.63) is 45.5 Å². The highest BCUT2D eigenvalue weighted by molar-refractivity contribution is 6.01. The molecule has 2 aliphatic rings. The van der Waals surface area contributed by atoms with Crippen LogP contribution >= 0.6 is 0 Å². The van der Waals surface area contributed by atoms with Crippen molar-refractivity contribution in [2.75, 3.05) is 0 Å². The average Bonchev–Trinajstić information content (AvgIpc) is 2.82. The third kappa shape index (κ3) is 8.76. The molecule has 1 aromatic rings. The van der Waals surface area contributed by atoms with Crippen molar-refractivity contribution >= 4 is 17.3 Å². The number of aryl methyl sites for hydroxylation is 1. The summed E-state index contributed by atoms with van der Waals surface area (Å²) in [5.41, 5.74) is 7.43. The molecule has 3 atom stereocenters. The first kappa shape index (κ1) is 31.2. The van der Waals surface area contributed by atoms with Gasteiger partial charge in [0.25, 0.3) is 0 Å². The summed E-state index contributed by atoms with van der Waals surface area (Å²) in [5, 5.41) is 0. The number of carbonyl (C=O) groups excluding carboxylic acids is 3. The van der Waals surface area contributed by atoms with Crippen LogP contribution in [0.1, 0.15) is 144 Å². The van der Waals surface area contributed by atoms with Crippen LogP contribution in [0.25, 0.3) is 0 Å². The zero-order valence-electron chi connectivity index (χ0n) is 25.0. The smallest absolute Gasteiger partial charge is 0.163 e. The van der Waals surface area contributed by atoms with E-state index in [-0.39, 0.29) is 41.5 Å². The Kier molecular flexibility index (Phi) is 12.5. The Morgan fingerprint density at radius 2 is 1.76 bits per heavy atom. The fraction of sp³-hybridized carbons (Fsp3) is 0.676. The van der Waals surface area contributed by atoms with Crippen molar-refractivity contribution in [1.29, 1.82) is 0 Å². The first-order valence-electron chi connectivity index (χ1n) is 14.8. The van der Waals surface area contributed by atoms with E-state index < -0.39 is 0 Å². The lowest BCUT2D eigenvalue weighted by Crippen LogP contribution is -2.30. The first-order valence-corrected chi connectivity index (χ1v) is 14.8. The normalized spacial score (nSPS) is 18.9. The van der Waals surface area contributed by atoms with E-state index in [1.165, 1.54) is 49.3 Å². The second-order valence-electron chi connectivity index (χ2n) is 12.1. The molecule has 3 unspecified atom stereocenters. The molecule has 1 aromatic carbocycles. The molecule has 0 fully saturated rings. The Morgan fingerprint density at radius 3 is 2.24 bits per heavy atom. The molecular formula is C34H52O3. The van der Waals surface area contributed by atoms with Crippen molar-refractivity contribution in [2.45, 2.75) is 132 Å². The maximum absolute atomic E-state index is 13.2. The minimum Gasteiger partial charge on any atom is -0.300 e. The molecule has 0 N–H and O–H groups in total. The zero-order chi connectivity index (χ0) is 27.7. The van der Waals surface area contributed by atoms with Crippen molar-refractivity contribution in [1.82, 2.24) is 0 Å². The largest absolute Gasteiger partial charge is 0.300 e. The van der Waals surface area contributed by atoms with E-state index in [2.05, 4.69) is 60.6 Å². The molecule has 0 aromatic heterocycles. The standard InChI is InChI=1S/C27H40O3.C7H12/c1-8-10-21(22(9-2)25(29)12-18(6)28)13-20-14-24-23(16(3)4)11-17(5)19(7)27(24)26(30)15-20;1-7-5-3-2-4-6-7/h11,16,20-22H,8-10,12-15H2,1-7H3;5H,2-4,6H2,1H3. The maximum atomic E-state index is 13.2. The highest BCUT2D eigenvalue weighted by Crippen LogP contribution is 2.39. The summed E-state index contributed by atoms with van der Waals surface area (Å²) in [4.78, 5) is 37.5. The third-order valence-electron chi connectivity index (χ3n) is 8.52. The topological polar surface area (TPSA) is 51.2 Å². The minimum atomic E-state index is -0.0744. The number of benzene rings is 1. The van der Waals surface area contributed by atoms with Gasteiger partial charge in [0.1, 0.15) is 11.6 Å². The lowest BCUT2D eigenvalue weighted by atomic mass is 9.70. The molecule has 3 rings (SSSR count). The van der Waals surface area contributed by atoms with E-state index in [1.807, 2.05) is 0 Å². The van der Waals surface area contributed by atoms with E-state index in [9.17, 15) is 14.4 Å². The van der Waals surface area contributed by atoms with Crippen molar-refractivity contribution in [2.24, 2.45) is 17.8 Å². The Hall–Kier alpha value is -2.03. The molecule has 0 radical (unpaired) electrons. The molecule has 0 amide bonds. The molecule has 0 heterocycles. The second-order valence-corrected chi connectivity index (χ2v) is 12.1. The van der Waals surface area contributed by atoms with Crippen LogP contribution in [0.2, 0.25) is 0 Å². The Labute approximate surface area is 226 Å². The molecule has 206 valence electrons. The monoisotopic (exact) mass is 508 g/mol. The third-order valence-corrected chi connectivity index (χ3v) is 8.52. The van der Waals surface area contributed by atoms with Crippen LogP contribution in [-0.4, -0.2) is 17.3 Å². The molecular weight excluding hydrogens is 456 g/mol. The zero-order valence-corrected chi connectivity index (χ0v) is 25.0. The molecule has 0 saturated heterocycles. The van der Waals surface area contributed by atoms with Gasteiger partial charge in [-0.1, -0.05) is 58.3 Å². The Morgan fingerprint density at radius 1 is 1.05 bits per heavy atom. The summed E-state index contributed by atoms with van der Waals surface area (Å²) in [6.45, 7) is 16.5. The van der Waals surface area contributed by atoms with Crippen molar-refractivity contribution in [3.63, 3.8) is 0 Å². The maximum Gasteiger partial charge on any atom is 0.163 e. The molecule has 37 heavy (non-hydrogen) atoms. The molecule has 3 heteroatoms. The summed E-state index contributed by atoms with van der Waals surface area (Å²) >= 11 is 0. The van der Waals surface area contributed by atoms with Crippen LogP contribution in [0.15, 0.2) is 17.7 Å². The van der Waals surface area contributed by atoms with E-state index in [0.29, 0.717) is 12.3 Å². The van der Waals surface area contributed by atoms with Gasteiger partial charge < -0.3 is 0 Å². The number of ketones is 3.